The summed E-state index contributed by atoms with van der Waals surface area (Å²) in [6.45, 7) is 0. The van der Waals surface area contributed by atoms with Gasteiger partial charge in [-0.1, -0.05) is 164 Å². The Kier molecular flexibility index (Phi) is 6.78. The molecule has 51 heavy (non-hydrogen) atoms. The Morgan fingerprint density at radius 2 is 0.882 bits per heavy atom. The Morgan fingerprint density at radius 1 is 0.333 bits per heavy atom. The molecule has 10 aromatic rings. The first kappa shape index (κ1) is 29.0. The van der Waals surface area contributed by atoms with Gasteiger partial charge < -0.3 is 4.57 Å². The molecular formula is C47H30N4. The van der Waals surface area contributed by atoms with Crippen molar-refractivity contribution < 1.29 is 0 Å². The van der Waals surface area contributed by atoms with Crippen molar-refractivity contribution in [3.05, 3.63) is 182 Å². The van der Waals surface area contributed by atoms with Gasteiger partial charge in [0.2, 0.25) is 0 Å². The van der Waals surface area contributed by atoms with Crippen molar-refractivity contribution >= 4 is 43.4 Å². The van der Waals surface area contributed by atoms with Gasteiger partial charge in [0.1, 0.15) is 0 Å². The van der Waals surface area contributed by atoms with E-state index in [1.54, 1.807) is 0 Å². The number of para-hydroxylation sites is 1. The molecular weight excluding hydrogens is 621 g/mol. The third-order valence-electron chi connectivity index (χ3n) is 9.85. The van der Waals surface area contributed by atoms with Gasteiger partial charge in [-0.25, -0.2) is 15.0 Å². The highest BCUT2D eigenvalue weighted by atomic mass is 15.0. The van der Waals surface area contributed by atoms with Crippen molar-refractivity contribution in [2.24, 2.45) is 0 Å². The highest BCUT2D eigenvalue weighted by Crippen LogP contribution is 2.41. The molecule has 2 aromatic heterocycles. The molecule has 0 aliphatic rings. The minimum atomic E-state index is 0.636. The highest BCUT2D eigenvalue weighted by Gasteiger charge is 2.21. The molecule has 0 N–H and O–H groups in total. The van der Waals surface area contributed by atoms with Gasteiger partial charge in [-0.3, -0.25) is 0 Å². The zero-order chi connectivity index (χ0) is 33.7. The molecule has 10 rings (SSSR count). The maximum absolute atomic E-state index is 5.28. The van der Waals surface area contributed by atoms with E-state index < -0.39 is 0 Å². The second-order valence-corrected chi connectivity index (χ2v) is 12.8. The fourth-order valence-corrected chi connectivity index (χ4v) is 7.47. The number of nitrogens with zero attached hydrogens (tertiary/aromatic N) is 4. The van der Waals surface area contributed by atoms with Crippen LogP contribution in [0.25, 0.3) is 94.3 Å². The van der Waals surface area contributed by atoms with Gasteiger partial charge in [-0.15, -0.1) is 0 Å². The van der Waals surface area contributed by atoms with Crippen LogP contribution in [0.2, 0.25) is 0 Å². The molecule has 4 heteroatoms. The normalized spacial score (nSPS) is 11.5. The molecule has 0 saturated carbocycles. The lowest BCUT2D eigenvalue weighted by Crippen LogP contribution is -2.01. The minimum absolute atomic E-state index is 0.636. The number of hydrogen-bond acceptors (Lipinski definition) is 3. The van der Waals surface area contributed by atoms with Gasteiger partial charge in [0.05, 0.1) is 11.0 Å². The quantitative estimate of drug-likeness (QED) is 0.186. The smallest absolute Gasteiger partial charge is 0.164 e. The monoisotopic (exact) mass is 650 g/mol. The molecule has 0 amide bonds. The predicted molar refractivity (Wildman–Crippen MR) is 211 cm³/mol. The van der Waals surface area contributed by atoms with Crippen LogP contribution >= 0.6 is 0 Å². The second kappa shape index (κ2) is 11.9. The lowest BCUT2D eigenvalue weighted by atomic mass is 10.0. The fraction of sp³-hybridized carbons (Fsp3) is 0. The van der Waals surface area contributed by atoms with Crippen molar-refractivity contribution in [1.29, 1.82) is 0 Å². The Balaban J connectivity index is 1.26. The van der Waals surface area contributed by atoms with Gasteiger partial charge >= 0.3 is 0 Å². The zero-order valence-corrected chi connectivity index (χ0v) is 27.6. The van der Waals surface area contributed by atoms with Crippen LogP contribution in [0.3, 0.4) is 0 Å². The molecule has 0 unspecified atom stereocenters. The van der Waals surface area contributed by atoms with E-state index in [1.165, 1.54) is 21.9 Å². The fourth-order valence-electron chi connectivity index (χ4n) is 7.47. The van der Waals surface area contributed by atoms with Crippen LogP contribution in [0.5, 0.6) is 0 Å². The summed E-state index contributed by atoms with van der Waals surface area (Å²) in [4.78, 5) is 15.7. The SMILES string of the molecule is c1ccc(-c2ccc(-c3nc(-c4cccc5ccccc45)nc(-c4cccc5c4c4ccc6ccccc6c4n5-c4ccccc4)n3)cc2)cc1. The topological polar surface area (TPSA) is 43.6 Å². The largest absolute Gasteiger partial charge is 0.309 e. The molecule has 0 spiro atoms. The van der Waals surface area contributed by atoms with Gasteiger partial charge in [-0.05, 0) is 45.5 Å². The Hall–Kier alpha value is -6.91. The lowest BCUT2D eigenvalue weighted by Gasteiger charge is -2.12. The summed E-state index contributed by atoms with van der Waals surface area (Å²) in [5.74, 6) is 1.92. The summed E-state index contributed by atoms with van der Waals surface area (Å²) in [6, 6.07) is 63.8. The van der Waals surface area contributed by atoms with E-state index in [4.69, 9.17) is 15.0 Å². The maximum Gasteiger partial charge on any atom is 0.164 e. The van der Waals surface area contributed by atoms with Crippen molar-refractivity contribution in [3.63, 3.8) is 0 Å². The minimum Gasteiger partial charge on any atom is -0.309 e. The molecule has 0 aliphatic carbocycles. The molecule has 4 nitrogen and oxygen atoms in total. The maximum atomic E-state index is 5.28. The van der Waals surface area contributed by atoms with Crippen molar-refractivity contribution in [2.75, 3.05) is 0 Å². The summed E-state index contributed by atoms with van der Waals surface area (Å²) < 4.78 is 2.38. The van der Waals surface area contributed by atoms with Gasteiger partial charge in [0, 0.05) is 38.5 Å². The van der Waals surface area contributed by atoms with Crippen LogP contribution in [-0.2, 0) is 0 Å². The number of rotatable bonds is 5. The van der Waals surface area contributed by atoms with Crippen LogP contribution in [0, 0.1) is 0 Å². The van der Waals surface area contributed by atoms with Crippen LogP contribution in [-0.4, -0.2) is 19.5 Å². The summed E-state index contributed by atoms with van der Waals surface area (Å²) in [5, 5.41) is 6.92. The third kappa shape index (κ3) is 4.88. The highest BCUT2D eigenvalue weighted by molar-refractivity contribution is 6.22. The van der Waals surface area contributed by atoms with E-state index in [1.807, 2.05) is 6.07 Å². The average molecular weight is 651 g/mol. The first-order valence-corrected chi connectivity index (χ1v) is 17.2. The first-order chi connectivity index (χ1) is 25.3. The lowest BCUT2D eigenvalue weighted by molar-refractivity contribution is 1.08. The Bertz CT molecular complexity index is 2890. The third-order valence-corrected chi connectivity index (χ3v) is 9.85. The molecule has 0 aliphatic heterocycles. The zero-order valence-electron chi connectivity index (χ0n) is 27.6. The van der Waals surface area contributed by atoms with E-state index in [9.17, 15) is 0 Å². The molecule has 0 radical (unpaired) electrons. The van der Waals surface area contributed by atoms with Crippen molar-refractivity contribution in [2.45, 2.75) is 0 Å². The van der Waals surface area contributed by atoms with Crippen LogP contribution < -0.4 is 0 Å². The Morgan fingerprint density at radius 3 is 1.67 bits per heavy atom. The van der Waals surface area contributed by atoms with Crippen LogP contribution in [0.4, 0.5) is 0 Å². The summed E-state index contributed by atoms with van der Waals surface area (Å²) in [7, 11) is 0. The molecule has 8 aromatic carbocycles. The summed E-state index contributed by atoms with van der Waals surface area (Å²) in [6.07, 6.45) is 0. The van der Waals surface area contributed by atoms with E-state index in [-0.39, 0.29) is 0 Å². The van der Waals surface area contributed by atoms with E-state index in [2.05, 4.69) is 180 Å². The molecule has 0 bridgehead atoms. The summed E-state index contributed by atoms with van der Waals surface area (Å²) >= 11 is 0. The van der Waals surface area contributed by atoms with Gasteiger partial charge in [-0.2, -0.15) is 0 Å². The van der Waals surface area contributed by atoms with Gasteiger partial charge in [0.15, 0.2) is 17.5 Å². The van der Waals surface area contributed by atoms with E-state index >= 15 is 0 Å². The number of hydrogen-bond donors (Lipinski definition) is 0. The van der Waals surface area contributed by atoms with E-state index in [0.717, 1.165) is 55.0 Å². The van der Waals surface area contributed by atoms with Crippen LogP contribution in [0.15, 0.2) is 182 Å². The predicted octanol–water partition coefficient (Wildman–Crippen LogP) is 11.9. The molecule has 0 saturated heterocycles. The molecule has 2 heterocycles. The number of fused-ring (bicyclic) bond motifs is 6. The number of benzene rings is 8. The number of aromatic nitrogens is 4. The Labute approximate surface area is 295 Å². The van der Waals surface area contributed by atoms with Crippen molar-refractivity contribution in [1.82, 2.24) is 19.5 Å². The molecule has 0 fully saturated rings. The second-order valence-electron chi connectivity index (χ2n) is 12.8. The van der Waals surface area contributed by atoms with Crippen LogP contribution in [0.1, 0.15) is 0 Å². The van der Waals surface area contributed by atoms with Crippen molar-refractivity contribution in [3.8, 4) is 51.0 Å². The molecule has 238 valence electrons. The average Bonchev–Trinajstić information content (AvgIpc) is 3.56. The standard InChI is InChI=1S/C47H30N4/c1-3-13-31(14-4-1)32-25-27-35(28-26-32)45-48-46(39-22-11-17-33-15-7-9-20-37(33)39)50-47(49-45)41-23-12-24-42-43(41)40-30-29-34-16-8-10-21-38(34)44(40)51(42)36-18-5-2-6-19-36/h1-30H. The van der Waals surface area contributed by atoms with Gasteiger partial charge in [0.25, 0.3) is 0 Å². The summed E-state index contributed by atoms with van der Waals surface area (Å²) in [5.41, 5.74) is 8.58. The first-order valence-electron chi connectivity index (χ1n) is 17.2. The van der Waals surface area contributed by atoms with E-state index in [0.29, 0.717) is 17.5 Å². The molecule has 0 atom stereocenters.